The number of carbonyl (C=O) groups is 1. The normalized spacial score (nSPS) is 15.3. The molecule has 0 bridgehead atoms. The van der Waals surface area contributed by atoms with E-state index in [1.165, 1.54) is 25.0 Å². The van der Waals surface area contributed by atoms with Crippen molar-refractivity contribution < 1.29 is 13.2 Å². The second kappa shape index (κ2) is 7.91. The molecule has 1 N–H and O–H groups in total. The van der Waals surface area contributed by atoms with E-state index in [1.54, 1.807) is 12.1 Å². The summed E-state index contributed by atoms with van der Waals surface area (Å²) in [6.07, 6.45) is 5.97. The lowest BCUT2D eigenvalue weighted by atomic mass is 10.2. The highest BCUT2D eigenvalue weighted by Gasteiger charge is 2.16. The fourth-order valence-corrected chi connectivity index (χ4v) is 3.85. The summed E-state index contributed by atoms with van der Waals surface area (Å²) in [5, 5.41) is 2.97. The fraction of sp³-hybridized carbons (Fsp3) is 0.350. The monoisotopic (exact) mass is 372 g/mol. The van der Waals surface area contributed by atoms with Crippen molar-refractivity contribution >= 4 is 27.1 Å². The van der Waals surface area contributed by atoms with Gasteiger partial charge in [-0.15, -0.1) is 0 Å². The topological polar surface area (TPSA) is 66.5 Å². The molecule has 2 aromatic rings. The van der Waals surface area contributed by atoms with Crippen LogP contribution in [0.4, 0.5) is 11.4 Å². The molecule has 1 saturated heterocycles. The smallest absolute Gasteiger partial charge is 0.255 e. The van der Waals surface area contributed by atoms with Crippen LogP contribution in [-0.4, -0.2) is 33.7 Å². The molecule has 5 nitrogen and oxygen atoms in total. The average Bonchev–Trinajstić information content (AvgIpc) is 2.91. The number of nitrogens with zero attached hydrogens (tertiary/aromatic N) is 1. The summed E-state index contributed by atoms with van der Waals surface area (Å²) in [4.78, 5) is 15.1. The van der Waals surface area contributed by atoms with Crippen molar-refractivity contribution in [2.45, 2.75) is 30.6 Å². The highest BCUT2D eigenvalue weighted by molar-refractivity contribution is 7.90. The maximum Gasteiger partial charge on any atom is 0.255 e. The van der Waals surface area contributed by atoms with Gasteiger partial charge in [0.2, 0.25) is 0 Å². The number of benzene rings is 2. The van der Waals surface area contributed by atoms with Gasteiger partial charge in [0, 0.05) is 24.9 Å². The first-order valence-electron chi connectivity index (χ1n) is 8.90. The molecule has 0 atom stereocenters. The summed E-state index contributed by atoms with van der Waals surface area (Å²) in [6, 6.07) is 13.8. The molecule has 0 unspecified atom stereocenters. The van der Waals surface area contributed by atoms with E-state index < -0.39 is 9.84 Å². The van der Waals surface area contributed by atoms with Crippen LogP contribution in [0.15, 0.2) is 53.4 Å². The summed E-state index contributed by atoms with van der Waals surface area (Å²) in [5.74, 6) is -0.243. The Labute approximate surface area is 154 Å². The Bertz CT molecular complexity index is 868. The van der Waals surface area contributed by atoms with Gasteiger partial charge >= 0.3 is 0 Å². The second-order valence-electron chi connectivity index (χ2n) is 6.67. The Morgan fingerprint density at radius 3 is 2.15 bits per heavy atom. The Kier molecular flexibility index (Phi) is 5.61. The summed E-state index contributed by atoms with van der Waals surface area (Å²) in [5.41, 5.74) is 2.25. The van der Waals surface area contributed by atoms with Gasteiger partial charge in [-0.2, -0.15) is 0 Å². The summed E-state index contributed by atoms with van der Waals surface area (Å²) < 4.78 is 23.1. The summed E-state index contributed by atoms with van der Waals surface area (Å²) >= 11 is 0. The molecule has 0 radical (unpaired) electrons. The van der Waals surface area contributed by atoms with Crippen molar-refractivity contribution in [3.05, 3.63) is 54.1 Å². The standard InChI is InChI=1S/C20H24N2O3S/c1-26(24,25)17-12-10-16(11-13-17)20(23)21-18-8-4-5-9-19(18)22-14-6-2-3-7-15-22/h4-5,8-13H,2-3,6-7,14-15H2,1H3,(H,21,23). The summed E-state index contributed by atoms with van der Waals surface area (Å²) in [7, 11) is -3.27. The van der Waals surface area contributed by atoms with Crippen LogP contribution in [0.3, 0.4) is 0 Å². The number of carbonyl (C=O) groups excluding carboxylic acids is 1. The molecule has 1 aliphatic heterocycles. The van der Waals surface area contributed by atoms with Crippen LogP contribution in [0.1, 0.15) is 36.0 Å². The lowest BCUT2D eigenvalue weighted by Gasteiger charge is -2.25. The quantitative estimate of drug-likeness (QED) is 0.888. The number of amides is 1. The molecular weight excluding hydrogens is 348 g/mol. The Morgan fingerprint density at radius 2 is 1.54 bits per heavy atom. The Morgan fingerprint density at radius 1 is 0.923 bits per heavy atom. The van der Waals surface area contributed by atoms with E-state index in [-0.39, 0.29) is 10.8 Å². The molecule has 138 valence electrons. The van der Waals surface area contributed by atoms with Crippen LogP contribution < -0.4 is 10.2 Å². The predicted molar refractivity (Wildman–Crippen MR) is 105 cm³/mol. The number of rotatable bonds is 4. The molecule has 0 aromatic heterocycles. The second-order valence-corrected chi connectivity index (χ2v) is 8.68. The first-order valence-corrected chi connectivity index (χ1v) is 10.8. The number of para-hydroxylation sites is 2. The van der Waals surface area contributed by atoms with Crippen LogP contribution in [0, 0.1) is 0 Å². The Hall–Kier alpha value is -2.34. The first-order chi connectivity index (χ1) is 12.4. The van der Waals surface area contributed by atoms with Gasteiger partial charge < -0.3 is 10.2 Å². The zero-order valence-corrected chi connectivity index (χ0v) is 15.8. The minimum absolute atomic E-state index is 0.207. The molecule has 0 aliphatic carbocycles. The lowest BCUT2D eigenvalue weighted by Crippen LogP contribution is -2.25. The largest absolute Gasteiger partial charge is 0.370 e. The molecule has 2 aromatic carbocycles. The van der Waals surface area contributed by atoms with Crippen molar-refractivity contribution in [2.24, 2.45) is 0 Å². The van der Waals surface area contributed by atoms with E-state index in [0.29, 0.717) is 5.56 Å². The molecule has 0 saturated carbocycles. The van der Waals surface area contributed by atoms with Gasteiger partial charge in [0.15, 0.2) is 9.84 Å². The zero-order valence-electron chi connectivity index (χ0n) is 14.9. The Balaban J connectivity index is 1.79. The zero-order chi connectivity index (χ0) is 18.6. The van der Waals surface area contributed by atoms with Gasteiger partial charge in [-0.05, 0) is 49.2 Å². The molecule has 3 rings (SSSR count). The average molecular weight is 372 g/mol. The third-order valence-corrected chi connectivity index (χ3v) is 5.77. The molecule has 0 spiro atoms. The number of sulfone groups is 1. The van der Waals surface area contributed by atoms with Crippen LogP contribution in [0.2, 0.25) is 0 Å². The number of anilines is 2. The van der Waals surface area contributed by atoms with Crippen LogP contribution in [-0.2, 0) is 9.84 Å². The number of hydrogen-bond acceptors (Lipinski definition) is 4. The van der Waals surface area contributed by atoms with Crippen LogP contribution in [0.5, 0.6) is 0 Å². The van der Waals surface area contributed by atoms with Gasteiger partial charge in [-0.1, -0.05) is 25.0 Å². The summed E-state index contributed by atoms with van der Waals surface area (Å²) in [6.45, 7) is 1.99. The van der Waals surface area contributed by atoms with Gasteiger partial charge in [0.1, 0.15) is 0 Å². The van der Waals surface area contributed by atoms with Gasteiger partial charge in [-0.3, -0.25) is 4.79 Å². The van der Waals surface area contributed by atoms with Crippen LogP contribution in [0.25, 0.3) is 0 Å². The third-order valence-electron chi connectivity index (χ3n) is 4.64. The van der Waals surface area contributed by atoms with Crippen molar-refractivity contribution in [3.63, 3.8) is 0 Å². The van der Waals surface area contributed by atoms with Crippen LogP contribution >= 0.6 is 0 Å². The molecular formula is C20H24N2O3S. The molecule has 1 fully saturated rings. The number of nitrogens with one attached hydrogen (secondary N) is 1. The minimum atomic E-state index is -3.27. The van der Waals surface area contributed by atoms with Gasteiger partial charge in [-0.25, -0.2) is 8.42 Å². The maximum atomic E-state index is 12.6. The molecule has 26 heavy (non-hydrogen) atoms. The number of hydrogen-bond donors (Lipinski definition) is 1. The van der Waals surface area contributed by atoms with Crippen molar-refractivity contribution in [2.75, 3.05) is 29.6 Å². The minimum Gasteiger partial charge on any atom is -0.370 e. The van der Waals surface area contributed by atoms with E-state index >= 15 is 0 Å². The van der Waals surface area contributed by atoms with Crippen molar-refractivity contribution in [3.8, 4) is 0 Å². The first kappa shape index (κ1) is 18.5. The highest BCUT2D eigenvalue weighted by atomic mass is 32.2. The third kappa shape index (κ3) is 4.43. The van der Waals surface area contributed by atoms with Gasteiger partial charge in [0.05, 0.1) is 16.3 Å². The maximum absolute atomic E-state index is 12.6. The highest BCUT2D eigenvalue weighted by Crippen LogP contribution is 2.28. The van der Waals surface area contributed by atoms with E-state index in [0.717, 1.165) is 43.6 Å². The molecule has 1 aliphatic rings. The fourth-order valence-electron chi connectivity index (χ4n) is 3.21. The molecule has 1 amide bonds. The van der Waals surface area contributed by atoms with E-state index in [2.05, 4.69) is 10.2 Å². The van der Waals surface area contributed by atoms with Gasteiger partial charge in [0.25, 0.3) is 5.91 Å². The predicted octanol–water partition coefficient (Wildman–Crippen LogP) is 3.72. The molecule has 1 heterocycles. The van der Waals surface area contributed by atoms with E-state index in [1.807, 2.05) is 24.3 Å². The van der Waals surface area contributed by atoms with Crippen molar-refractivity contribution in [1.29, 1.82) is 0 Å². The van der Waals surface area contributed by atoms with Crippen molar-refractivity contribution in [1.82, 2.24) is 0 Å². The molecule has 6 heteroatoms. The van der Waals surface area contributed by atoms with E-state index in [9.17, 15) is 13.2 Å². The van der Waals surface area contributed by atoms with E-state index in [4.69, 9.17) is 0 Å². The SMILES string of the molecule is CS(=O)(=O)c1ccc(C(=O)Nc2ccccc2N2CCCCCC2)cc1. The lowest BCUT2D eigenvalue weighted by molar-refractivity contribution is 0.102.